The highest BCUT2D eigenvalue weighted by molar-refractivity contribution is 5.77. The molecule has 0 bridgehead atoms. The minimum atomic E-state index is -0.0934. The summed E-state index contributed by atoms with van der Waals surface area (Å²) in [6.45, 7) is 4.01. The topological polar surface area (TPSA) is 61.4 Å². The second kappa shape index (κ2) is 6.36. The maximum Gasteiger partial charge on any atom is 0.315 e. The van der Waals surface area contributed by atoms with Gasteiger partial charge in [0.1, 0.15) is 0 Å². The fourth-order valence-electron chi connectivity index (χ4n) is 4.78. The summed E-state index contributed by atoms with van der Waals surface area (Å²) >= 11 is 0. The number of carbonyl (C=O) groups excluding carboxylic acids is 2. The van der Waals surface area contributed by atoms with Gasteiger partial charge >= 0.3 is 6.03 Å². The third kappa shape index (κ3) is 3.00. The molecule has 25 heavy (non-hydrogen) atoms. The van der Waals surface area contributed by atoms with Crippen LogP contribution in [0.25, 0.3) is 0 Å². The van der Waals surface area contributed by atoms with E-state index in [9.17, 15) is 9.59 Å². The lowest BCUT2D eigenvalue weighted by Crippen LogP contribution is -2.44. The van der Waals surface area contributed by atoms with Crippen molar-refractivity contribution in [3.05, 3.63) is 35.4 Å². The molecule has 0 unspecified atom stereocenters. The Morgan fingerprint density at radius 3 is 3.00 bits per heavy atom. The maximum absolute atomic E-state index is 12.2. The molecule has 3 aliphatic rings. The molecule has 4 rings (SSSR count). The van der Waals surface area contributed by atoms with E-state index in [-0.39, 0.29) is 18.0 Å². The summed E-state index contributed by atoms with van der Waals surface area (Å²) in [6, 6.07) is 8.74. The van der Waals surface area contributed by atoms with Crippen molar-refractivity contribution >= 4 is 11.9 Å². The molecule has 134 valence electrons. The summed E-state index contributed by atoms with van der Waals surface area (Å²) in [6.07, 6.45) is 4.95. The van der Waals surface area contributed by atoms with Crippen molar-refractivity contribution < 1.29 is 9.59 Å². The zero-order chi connectivity index (χ0) is 17.4. The zero-order valence-corrected chi connectivity index (χ0v) is 14.9. The molecule has 0 aromatic heterocycles. The first-order valence-corrected chi connectivity index (χ1v) is 9.53. The molecule has 1 aliphatic heterocycles. The highest BCUT2D eigenvalue weighted by Gasteiger charge is 2.57. The Bertz CT molecular complexity index is 689. The molecule has 2 aliphatic carbocycles. The van der Waals surface area contributed by atoms with E-state index in [1.165, 1.54) is 30.4 Å². The lowest BCUT2D eigenvalue weighted by Gasteiger charge is -2.17. The number of hydrogen-bond acceptors (Lipinski definition) is 2. The summed E-state index contributed by atoms with van der Waals surface area (Å²) in [5, 5.41) is 6.08. The van der Waals surface area contributed by atoms with Crippen molar-refractivity contribution in [3.63, 3.8) is 0 Å². The molecule has 0 radical (unpaired) electrons. The summed E-state index contributed by atoms with van der Waals surface area (Å²) < 4.78 is 0. The van der Waals surface area contributed by atoms with Crippen LogP contribution >= 0.6 is 0 Å². The molecule has 3 amide bonds. The van der Waals surface area contributed by atoms with Crippen LogP contribution in [0.4, 0.5) is 4.79 Å². The number of nitrogens with one attached hydrogen (secondary N) is 2. The number of urea groups is 1. The predicted octanol–water partition coefficient (Wildman–Crippen LogP) is 2.20. The van der Waals surface area contributed by atoms with Gasteiger partial charge in [-0.25, -0.2) is 4.79 Å². The minimum Gasteiger partial charge on any atom is -0.341 e. The van der Waals surface area contributed by atoms with Gasteiger partial charge in [-0.15, -0.1) is 0 Å². The van der Waals surface area contributed by atoms with E-state index in [2.05, 4.69) is 34.9 Å². The van der Waals surface area contributed by atoms with Gasteiger partial charge in [-0.2, -0.15) is 0 Å². The average Bonchev–Trinajstić information content (AvgIpc) is 2.94. The Kier molecular flexibility index (Phi) is 4.18. The monoisotopic (exact) mass is 341 g/mol. The van der Waals surface area contributed by atoms with Crippen LogP contribution in [0.15, 0.2) is 24.3 Å². The number of amides is 3. The molecule has 1 aromatic rings. The van der Waals surface area contributed by atoms with Crippen molar-refractivity contribution in [2.24, 2.45) is 5.92 Å². The molecular formula is C20H27N3O2. The van der Waals surface area contributed by atoms with Gasteiger partial charge in [0, 0.05) is 37.5 Å². The van der Waals surface area contributed by atoms with Crippen LogP contribution in [0.5, 0.6) is 0 Å². The van der Waals surface area contributed by atoms with Crippen LogP contribution < -0.4 is 10.6 Å². The number of rotatable bonds is 4. The number of carbonyl (C=O) groups is 2. The van der Waals surface area contributed by atoms with E-state index in [0.29, 0.717) is 24.3 Å². The Balaban J connectivity index is 1.24. The highest BCUT2D eigenvalue weighted by Crippen LogP contribution is 2.61. The van der Waals surface area contributed by atoms with E-state index in [1.54, 1.807) is 0 Å². The Morgan fingerprint density at radius 1 is 1.32 bits per heavy atom. The average molecular weight is 341 g/mol. The largest absolute Gasteiger partial charge is 0.341 e. The van der Waals surface area contributed by atoms with Crippen LogP contribution in [0.1, 0.15) is 43.7 Å². The van der Waals surface area contributed by atoms with Gasteiger partial charge in [0.2, 0.25) is 5.91 Å². The van der Waals surface area contributed by atoms with Crippen LogP contribution in [0.2, 0.25) is 0 Å². The molecule has 1 saturated heterocycles. The van der Waals surface area contributed by atoms with Crippen LogP contribution in [-0.2, 0) is 16.6 Å². The van der Waals surface area contributed by atoms with Gasteiger partial charge in [0.25, 0.3) is 0 Å². The molecule has 1 saturated carbocycles. The fourth-order valence-corrected chi connectivity index (χ4v) is 4.78. The van der Waals surface area contributed by atoms with E-state index < -0.39 is 0 Å². The molecule has 2 N–H and O–H groups in total. The van der Waals surface area contributed by atoms with Crippen molar-refractivity contribution in [2.45, 2.75) is 50.5 Å². The number of fused-ring (bicyclic) bond motifs is 2. The third-order valence-corrected chi connectivity index (χ3v) is 6.31. The first-order valence-electron chi connectivity index (χ1n) is 9.53. The first kappa shape index (κ1) is 16.4. The SMILES string of the molecule is CCC(=O)N1CC[C@H](NC(=O)NC[C@@H]2C[C@@]23CCc2ccccc23)C1. The minimum absolute atomic E-state index is 0.0795. The van der Waals surface area contributed by atoms with Gasteiger partial charge in [0.05, 0.1) is 0 Å². The molecule has 5 nitrogen and oxygen atoms in total. The van der Waals surface area contributed by atoms with Gasteiger partial charge in [0.15, 0.2) is 0 Å². The Hall–Kier alpha value is -2.04. The van der Waals surface area contributed by atoms with E-state index in [1.807, 2.05) is 11.8 Å². The second-order valence-corrected chi connectivity index (χ2v) is 7.75. The highest BCUT2D eigenvalue weighted by atomic mass is 16.2. The molecule has 1 heterocycles. The number of nitrogens with zero attached hydrogens (tertiary/aromatic N) is 1. The quantitative estimate of drug-likeness (QED) is 0.882. The zero-order valence-electron chi connectivity index (χ0n) is 14.9. The molecular weight excluding hydrogens is 314 g/mol. The fraction of sp³-hybridized carbons (Fsp3) is 0.600. The lowest BCUT2D eigenvalue weighted by molar-refractivity contribution is -0.129. The van der Waals surface area contributed by atoms with Gasteiger partial charge in [-0.1, -0.05) is 31.2 Å². The van der Waals surface area contributed by atoms with Crippen molar-refractivity contribution in [3.8, 4) is 0 Å². The van der Waals surface area contributed by atoms with Crippen LogP contribution in [0.3, 0.4) is 0 Å². The maximum atomic E-state index is 12.2. The smallest absolute Gasteiger partial charge is 0.315 e. The third-order valence-electron chi connectivity index (χ3n) is 6.31. The number of benzene rings is 1. The van der Waals surface area contributed by atoms with Crippen LogP contribution in [0, 0.1) is 5.92 Å². The van der Waals surface area contributed by atoms with Gasteiger partial charge in [-0.05, 0) is 42.7 Å². The summed E-state index contributed by atoms with van der Waals surface area (Å²) in [5.41, 5.74) is 3.31. The van der Waals surface area contributed by atoms with Gasteiger partial charge < -0.3 is 15.5 Å². The normalized spacial score (nSPS) is 29.6. The lowest BCUT2D eigenvalue weighted by atomic mass is 9.95. The van der Waals surface area contributed by atoms with Gasteiger partial charge in [-0.3, -0.25) is 4.79 Å². The molecule has 1 aromatic carbocycles. The molecule has 5 heteroatoms. The molecule has 2 fully saturated rings. The number of aryl methyl sites for hydroxylation is 1. The van der Waals surface area contributed by atoms with Crippen molar-refractivity contribution in [2.75, 3.05) is 19.6 Å². The van der Waals surface area contributed by atoms with Crippen molar-refractivity contribution in [1.82, 2.24) is 15.5 Å². The molecule has 3 atom stereocenters. The summed E-state index contributed by atoms with van der Waals surface area (Å²) in [5.74, 6) is 0.730. The summed E-state index contributed by atoms with van der Waals surface area (Å²) in [4.78, 5) is 25.8. The summed E-state index contributed by atoms with van der Waals surface area (Å²) in [7, 11) is 0. The number of likely N-dealkylation sites (tertiary alicyclic amines) is 1. The van der Waals surface area contributed by atoms with E-state index >= 15 is 0 Å². The van der Waals surface area contributed by atoms with E-state index in [4.69, 9.17) is 0 Å². The van der Waals surface area contributed by atoms with Crippen molar-refractivity contribution in [1.29, 1.82) is 0 Å². The Morgan fingerprint density at radius 2 is 2.16 bits per heavy atom. The van der Waals surface area contributed by atoms with E-state index in [0.717, 1.165) is 19.5 Å². The standard InChI is InChI=1S/C20H27N3O2/c1-2-18(24)23-10-8-16(13-23)22-19(25)21-12-15-11-20(15)9-7-14-5-3-4-6-17(14)20/h3-6,15-16H,2,7-13H2,1H3,(H2,21,22,25)/t15-,16-,20-/m0/s1. The Labute approximate surface area is 149 Å². The molecule has 1 spiro atoms. The van der Waals surface area contributed by atoms with Crippen LogP contribution in [-0.4, -0.2) is 42.5 Å². The number of hydrogen-bond donors (Lipinski definition) is 2. The first-order chi connectivity index (χ1) is 12.1. The predicted molar refractivity (Wildman–Crippen MR) is 96.4 cm³/mol. The second-order valence-electron chi connectivity index (χ2n) is 7.75.